The quantitative estimate of drug-likeness (QED) is 0.679. The summed E-state index contributed by atoms with van der Waals surface area (Å²) in [6.45, 7) is 7.04. The zero-order valence-corrected chi connectivity index (χ0v) is 17.4. The summed E-state index contributed by atoms with van der Waals surface area (Å²) in [7, 11) is 3.54. The van der Waals surface area contributed by atoms with Gasteiger partial charge < -0.3 is 20.3 Å². The molecule has 1 aromatic heterocycles. The van der Waals surface area contributed by atoms with E-state index in [1.807, 2.05) is 20.0 Å². The van der Waals surface area contributed by atoms with Gasteiger partial charge in [-0.05, 0) is 39.2 Å². The molecular formula is C20H34N6O2. The van der Waals surface area contributed by atoms with Crippen LogP contribution in [0.15, 0.2) is 6.07 Å². The predicted molar refractivity (Wildman–Crippen MR) is 111 cm³/mol. The van der Waals surface area contributed by atoms with Crippen molar-refractivity contribution in [3.8, 4) is 0 Å². The molecule has 0 spiro atoms. The van der Waals surface area contributed by atoms with E-state index in [9.17, 15) is 4.79 Å². The van der Waals surface area contributed by atoms with E-state index in [4.69, 9.17) is 4.74 Å². The Bertz CT molecular complexity index is 648. The number of carbonyl (C=O) groups is 1. The van der Waals surface area contributed by atoms with Crippen LogP contribution < -0.4 is 15.5 Å². The molecule has 0 saturated carbocycles. The van der Waals surface area contributed by atoms with Crippen LogP contribution >= 0.6 is 0 Å². The summed E-state index contributed by atoms with van der Waals surface area (Å²) in [4.78, 5) is 26.4. The van der Waals surface area contributed by atoms with E-state index in [0.29, 0.717) is 19.2 Å². The van der Waals surface area contributed by atoms with Crippen LogP contribution in [0.1, 0.15) is 31.4 Å². The van der Waals surface area contributed by atoms with E-state index in [1.165, 1.54) is 0 Å². The molecule has 28 heavy (non-hydrogen) atoms. The number of hydrogen-bond acceptors (Lipinski definition) is 7. The van der Waals surface area contributed by atoms with Crippen LogP contribution in [-0.4, -0.2) is 80.3 Å². The van der Waals surface area contributed by atoms with Crippen molar-refractivity contribution >= 4 is 17.7 Å². The van der Waals surface area contributed by atoms with Gasteiger partial charge in [-0.3, -0.25) is 9.69 Å². The topological polar surface area (TPSA) is 82.6 Å². The number of hydrogen-bond donors (Lipinski definition) is 2. The zero-order valence-electron chi connectivity index (χ0n) is 17.4. The molecule has 0 radical (unpaired) electrons. The third-order valence-electron chi connectivity index (χ3n) is 5.79. The Kier molecular flexibility index (Phi) is 7.44. The highest BCUT2D eigenvalue weighted by Gasteiger charge is 2.32. The highest BCUT2D eigenvalue weighted by molar-refractivity contribution is 5.78. The molecule has 3 rings (SSSR count). The maximum atomic E-state index is 12.4. The van der Waals surface area contributed by atoms with Crippen molar-refractivity contribution in [1.82, 2.24) is 20.2 Å². The maximum Gasteiger partial charge on any atom is 0.227 e. The molecule has 2 N–H and O–H groups in total. The summed E-state index contributed by atoms with van der Waals surface area (Å²) >= 11 is 0. The van der Waals surface area contributed by atoms with E-state index >= 15 is 0 Å². The molecule has 2 aliphatic heterocycles. The molecular weight excluding hydrogens is 356 g/mol. The molecule has 2 fully saturated rings. The molecule has 1 aromatic rings. The van der Waals surface area contributed by atoms with Crippen LogP contribution in [-0.2, 0) is 9.53 Å². The lowest BCUT2D eigenvalue weighted by Gasteiger charge is -2.42. The number of methoxy groups -OCH3 is 1. The van der Waals surface area contributed by atoms with Crippen LogP contribution in [0.5, 0.6) is 0 Å². The van der Waals surface area contributed by atoms with E-state index < -0.39 is 0 Å². The fourth-order valence-corrected chi connectivity index (χ4v) is 4.23. The van der Waals surface area contributed by atoms with Crippen molar-refractivity contribution in [2.24, 2.45) is 5.92 Å². The first-order chi connectivity index (χ1) is 13.6. The van der Waals surface area contributed by atoms with E-state index in [0.717, 1.165) is 69.3 Å². The number of likely N-dealkylation sites (tertiary alicyclic amines) is 1. The molecule has 1 amide bonds. The first-order valence-electron chi connectivity index (χ1n) is 10.4. The van der Waals surface area contributed by atoms with Crippen molar-refractivity contribution in [2.75, 3.05) is 63.7 Å². The number of nitrogens with zero attached hydrogens (tertiary/aromatic N) is 4. The third-order valence-corrected chi connectivity index (χ3v) is 5.79. The van der Waals surface area contributed by atoms with Gasteiger partial charge in [-0.15, -0.1) is 0 Å². The smallest absolute Gasteiger partial charge is 0.227 e. The molecule has 0 bridgehead atoms. The number of ether oxygens (including phenoxy) is 1. The van der Waals surface area contributed by atoms with Crippen LogP contribution in [0, 0.1) is 12.8 Å². The normalized spacial score (nSPS) is 21.5. The maximum absolute atomic E-state index is 12.4. The average Bonchev–Trinajstić information content (AvgIpc) is 2.73. The van der Waals surface area contributed by atoms with Gasteiger partial charge in [0.2, 0.25) is 11.9 Å². The summed E-state index contributed by atoms with van der Waals surface area (Å²) in [5.41, 5.74) is 0.981. The fraction of sp³-hybridized carbons (Fsp3) is 0.750. The summed E-state index contributed by atoms with van der Waals surface area (Å²) in [5, 5.41) is 6.11. The number of piperidine rings is 2. The molecule has 1 atom stereocenters. The lowest BCUT2D eigenvalue weighted by molar-refractivity contribution is -0.127. The number of aromatic nitrogens is 2. The second-order valence-corrected chi connectivity index (χ2v) is 7.78. The van der Waals surface area contributed by atoms with Gasteiger partial charge in [0.15, 0.2) is 0 Å². The Labute approximate surface area is 168 Å². The molecule has 0 aromatic carbocycles. The highest BCUT2D eigenvalue weighted by atomic mass is 16.5. The lowest BCUT2D eigenvalue weighted by atomic mass is 9.93. The Morgan fingerprint density at radius 3 is 2.75 bits per heavy atom. The van der Waals surface area contributed by atoms with Crippen molar-refractivity contribution in [3.05, 3.63) is 11.8 Å². The Balaban J connectivity index is 1.51. The van der Waals surface area contributed by atoms with Crippen LogP contribution in [0.4, 0.5) is 11.8 Å². The predicted octanol–water partition coefficient (Wildman–Crippen LogP) is 1.27. The van der Waals surface area contributed by atoms with Crippen LogP contribution in [0.25, 0.3) is 0 Å². The standard InChI is InChI=1S/C20H34N6O2/c1-15-13-18(21-2)24-20(23-15)25-10-6-17(7-11-25)26-9-4-5-16(14-26)19(27)22-8-12-28-3/h13,16-17H,4-12,14H2,1-3H3,(H,22,27)(H,21,23,24)/t16-/m1/s1. The molecule has 8 nitrogen and oxygen atoms in total. The first-order valence-corrected chi connectivity index (χ1v) is 10.4. The van der Waals surface area contributed by atoms with Crippen molar-refractivity contribution in [2.45, 2.75) is 38.6 Å². The van der Waals surface area contributed by atoms with Crippen molar-refractivity contribution < 1.29 is 9.53 Å². The number of nitrogens with one attached hydrogen (secondary N) is 2. The molecule has 2 aliphatic rings. The highest BCUT2D eigenvalue weighted by Crippen LogP contribution is 2.26. The van der Waals surface area contributed by atoms with Crippen LogP contribution in [0.2, 0.25) is 0 Å². The Morgan fingerprint density at radius 1 is 1.25 bits per heavy atom. The van der Waals surface area contributed by atoms with Crippen molar-refractivity contribution in [1.29, 1.82) is 0 Å². The van der Waals surface area contributed by atoms with Gasteiger partial charge in [-0.1, -0.05) is 0 Å². The summed E-state index contributed by atoms with van der Waals surface area (Å²) in [6, 6.07) is 2.50. The average molecular weight is 391 g/mol. The zero-order chi connectivity index (χ0) is 19.9. The van der Waals surface area contributed by atoms with Gasteiger partial charge in [0.1, 0.15) is 5.82 Å². The second kappa shape index (κ2) is 10.0. The molecule has 8 heteroatoms. The molecule has 0 aliphatic carbocycles. The third kappa shape index (κ3) is 5.32. The fourth-order valence-electron chi connectivity index (χ4n) is 4.23. The van der Waals surface area contributed by atoms with Crippen molar-refractivity contribution in [3.63, 3.8) is 0 Å². The molecule has 156 valence electrons. The minimum atomic E-state index is 0.0990. The number of amides is 1. The Morgan fingerprint density at radius 2 is 2.04 bits per heavy atom. The largest absolute Gasteiger partial charge is 0.383 e. The number of carbonyl (C=O) groups excluding carboxylic acids is 1. The van der Waals surface area contributed by atoms with Crippen LogP contribution in [0.3, 0.4) is 0 Å². The molecule has 0 unspecified atom stereocenters. The van der Waals surface area contributed by atoms with Gasteiger partial charge in [-0.2, -0.15) is 4.98 Å². The minimum Gasteiger partial charge on any atom is -0.383 e. The summed E-state index contributed by atoms with van der Waals surface area (Å²) in [5.74, 6) is 1.95. The molecule has 3 heterocycles. The van der Waals surface area contributed by atoms with E-state index in [-0.39, 0.29) is 11.8 Å². The first kappa shape index (κ1) is 20.8. The number of anilines is 2. The van der Waals surface area contributed by atoms with Gasteiger partial charge in [0.05, 0.1) is 12.5 Å². The summed E-state index contributed by atoms with van der Waals surface area (Å²) < 4.78 is 5.02. The van der Waals surface area contributed by atoms with Gasteiger partial charge in [0, 0.05) is 58.1 Å². The number of aryl methyl sites for hydroxylation is 1. The van der Waals surface area contributed by atoms with Gasteiger partial charge in [-0.25, -0.2) is 4.98 Å². The van der Waals surface area contributed by atoms with E-state index in [1.54, 1.807) is 7.11 Å². The Hall–Kier alpha value is -1.93. The van der Waals surface area contributed by atoms with Gasteiger partial charge in [0.25, 0.3) is 0 Å². The second-order valence-electron chi connectivity index (χ2n) is 7.78. The van der Waals surface area contributed by atoms with E-state index in [2.05, 4.69) is 30.4 Å². The summed E-state index contributed by atoms with van der Waals surface area (Å²) in [6.07, 6.45) is 4.25. The van der Waals surface area contributed by atoms with Gasteiger partial charge >= 0.3 is 0 Å². The lowest BCUT2D eigenvalue weighted by Crippen LogP contribution is -2.51. The SMILES string of the molecule is CNc1cc(C)nc(N2CCC(N3CCC[C@@H](C(=O)NCCOC)C3)CC2)n1. The number of rotatable bonds is 7. The molecule has 2 saturated heterocycles. The monoisotopic (exact) mass is 390 g/mol. The minimum absolute atomic E-state index is 0.0990.